The molecule has 6 nitrogen and oxygen atoms in total. The number of fused-ring (bicyclic) bond motifs is 1. The Morgan fingerprint density at radius 2 is 1.79 bits per heavy atom. The molecular weight excluding hydrogens is 410 g/mol. The van der Waals surface area contributed by atoms with Gasteiger partial charge in [-0.3, -0.25) is 9.59 Å². The number of benzodiazepines with no additional fused rings is 1. The minimum absolute atomic E-state index is 0.0166. The third kappa shape index (κ3) is 3.96. The van der Waals surface area contributed by atoms with Crippen LogP contribution in [0.15, 0.2) is 76.1 Å². The third-order valence-electron chi connectivity index (χ3n) is 4.26. The average molecular weight is 424 g/mol. The molecule has 2 N–H and O–H groups in total. The number of nitrogens with one attached hydrogen (secondary N) is 2. The Bertz CT molecular complexity index is 1140. The number of anilines is 1. The Balaban J connectivity index is 1.69. The van der Waals surface area contributed by atoms with Crippen molar-refractivity contribution in [1.29, 1.82) is 0 Å². The first kappa shape index (κ1) is 19.0. The zero-order valence-electron chi connectivity index (χ0n) is 14.9. The summed E-state index contributed by atoms with van der Waals surface area (Å²) < 4.78 is 5.10. The molecule has 1 unspecified atom stereocenters. The first-order chi connectivity index (χ1) is 14.0. The molecule has 2 heterocycles. The van der Waals surface area contributed by atoms with E-state index in [1.54, 1.807) is 6.07 Å². The molecule has 1 amide bonds. The van der Waals surface area contributed by atoms with E-state index in [4.69, 9.17) is 28.2 Å². The fourth-order valence-electron chi connectivity index (χ4n) is 2.92. The van der Waals surface area contributed by atoms with E-state index in [1.165, 1.54) is 12.1 Å². The Morgan fingerprint density at radius 3 is 2.52 bits per heavy atom. The van der Waals surface area contributed by atoms with E-state index < -0.39 is 17.9 Å². The number of hydrogen-bond acceptors (Lipinski definition) is 5. The van der Waals surface area contributed by atoms with Gasteiger partial charge in [0.05, 0.1) is 11.4 Å². The summed E-state index contributed by atoms with van der Waals surface area (Å²) in [5.74, 6) is -1.04. The van der Waals surface area contributed by atoms with Crippen molar-refractivity contribution in [3.05, 3.63) is 88.8 Å². The van der Waals surface area contributed by atoms with E-state index in [2.05, 4.69) is 15.6 Å². The number of benzene rings is 2. The van der Waals surface area contributed by atoms with Crippen molar-refractivity contribution in [2.45, 2.75) is 6.17 Å². The van der Waals surface area contributed by atoms with Gasteiger partial charge >= 0.3 is 0 Å². The van der Waals surface area contributed by atoms with E-state index in [-0.39, 0.29) is 16.0 Å². The van der Waals surface area contributed by atoms with E-state index >= 15 is 0 Å². The zero-order chi connectivity index (χ0) is 20.4. The monoisotopic (exact) mass is 423 g/mol. The van der Waals surface area contributed by atoms with E-state index in [1.807, 2.05) is 48.5 Å². The van der Waals surface area contributed by atoms with Crippen molar-refractivity contribution in [3.63, 3.8) is 0 Å². The molecule has 1 atom stereocenters. The van der Waals surface area contributed by atoms with Gasteiger partial charge in [-0.15, -0.1) is 0 Å². The van der Waals surface area contributed by atoms with Gasteiger partial charge in [0.1, 0.15) is 0 Å². The Morgan fingerprint density at radius 1 is 1.07 bits per heavy atom. The molecule has 3 aromatic rings. The van der Waals surface area contributed by atoms with Crippen molar-refractivity contribution in [3.8, 4) is 0 Å². The minimum Gasteiger partial charge on any atom is -0.441 e. The number of Topliss-reactive ketones (excluding diaryl/α,β-unsaturated/α-hetero) is 1. The second kappa shape index (κ2) is 7.98. The van der Waals surface area contributed by atoms with Gasteiger partial charge in [-0.05, 0) is 29.8 Å². The van der Waals surface area contributed by atoms with Crippen LogP contribution in [0.2, 0.25) is 5.22 Å². The molecule has 0 fully saturated rings. The van der Waals surface area contributed by atoms with Crippen molar-refractivity contribution < 1.29 is 14.0 Å². The van der Waals surface area contributed by atoms with Gasteiger partial charge in [-0.1, -0.05) is 60.7 Å². The van der Waals surface area contributed by atoms with Gasteiger partial charge in [0.2, 0.25) is 0 Å². The Kier molecular flexibility index (Phi) is 5.24. The zero-order valence-corrected chi connectivity index (χ0v) is 16.5. The highest BCUT2D eigenvalue weighted by Gasteiger charge is 2.28. The smallest absolute Gasteiger partial charge is 0.269 e. The number of ketones is 1. The van der Waals surface area contributed by atoms with Crippen LogP contribution < -0.4 is 10.6 Å². The van der Waals surface area contributed by atoms with Crippen LogP contribution in [0.5, 0.6) is 0 Å². The highest BCUT2D eigenvalue weighted by Crippen LogP contribution is 2.23. The summed E-state index contributed by atoms with van der Waals surface area (Å²) in [5, 5.41) is 5.63. The van der Waals surface area contributed by atoms with Gasteiger partial charge in [-0.25, -0.2) is 4.99 Å². The molecule has 0 bridgehead atoms. The molecule has 1 aliphatic rings. The molecule has 8 heteroatoms. The van der Waals surface area contributed by atoms with Gasteiger partial charge in [0.15, 0.2) is 22.1 Å². The lowest BCUT2D eigenvalue weighted by Gasteiger charge is -2.14. The maximum Gasteiger partial charge on any atom is 0.269 e. The van der Waals surface area contributed by atoms with Crippen molar-refractivity contribution in [2.75, 3.05) is 5.32 Å². The largest absolute Gasteiger partial charge is 0.441 e. The lowest BCUT2D eigenvalue weighted by molar-refractivity contribution is -0.117. The van der Waals surface area contributed by atoms with Crippen LogP contribution in [0.3, 0.4) is 0 Å². The summed E-state index contributed by atoms with van der Waals surface area (Å²) in [4.78, 5) is 29.6. The maximum atomic E-state index is 12.8. The first-order valence-electron chi connectivity index (χ1n) is 8.67. The number of carbonyl (C=O) groups excluding carboxylic acids is 2. The lowest BCUT2D eigenvalue weighted by atomic mass is 10.0. The van der Waals surface area contributed by atoms with Crippen molar-refractivity contribution >= 4 is 51.9 Å². The van der Waals surface area contributed by atoms with Crippen LogP contribution in [0.25, 0.3) is 0 Å². The highest BCUT2D eigenvalue weighted by atomic mass is 35.5. The predicted octanol–water partition coefficient (Wildman–Crippen LogP) is 3.85. The second-order valence-electron chi connectivity index (χ2n) is 6.19. The summed E-state index contributed by atoms with van der Waals surface area (Å²) >= 11 is 10.9. The third-order valence-corrected chi connectivity index (χ3v) is 4.77. The number of para-hydroxylation sites is 1. The van der Waals surface area contributed by atoms with Crippen LogP contribution in [0, 0.1) is 0 Å². The van der Waals surface area contributed by atoms with Gasteiger partial charge < -0.3 is 15.1 Å². The van der Waals surface area contributed by atoms with Crippen LogP contribution in [0.1, 0.15) is 21.7 Å². The van der Waals surface area contributed by atoms with Crippen LogP contribution >= 0.6 is 23.8 Å². The van der Waals surface area contributed by atoms with Crippen molar-refractivity contribution in [2.24, 2.45) is 4.99 Å². The SMILES string of the molecule is O=C(C(=S)NC1N=C(c2ccccc2)c2ccccc2NC1=O)c1ccc(Cl)o1. The van der Waals surface area contributed by atoms with Gasteiger partial charge in [-0.2, -0.15) is 0 Å². The Labute approximate surface area is 176 Å². The lowest BCUT2D eigenvalue weighted by Crippen LogP contribution is -2.44. The summed E-state index contributed by atoms with van der Waals surface area (Å²) in [6, 6.07) is 19.7. The van der Waals surface area contributed by atoms with Crippen LogP contribution in [-0.4, -0.2) is 28.6 Å². The molecule has 144 valence electrons. The van der Waals surface area contributed by atoms with E-state index in [9.17, 15) is 9.59 Å². The number of furan rings is 1. The number of nitrogens with zero attached hydrogens (tertiary/aromatic N) is 1. The second-order valence-corrected chi connectivity index (χ2v) is 6.97. The molecule has 0 saturated heterocycles. The predicted molar refractivity (Wildman–Crippen MR) is 115 cm³/mol. The topological polar surface area (TPSA) is 83.7 Å². The molecule has 4 rings (SSSR count). The average Bonchev–Trinajstić information content (AvgIpc) is 3.12. The normalized spacial score (nSPS) is 15.6. The fraction of sp³-hybridized carbons (Fsp3) is 0.0476. The van der Waals surface area contributed by atoms with Crippen molar-refractivity contribution in [1.82, 2.24) is 5.32 Å². The van der Waals surface area contributed by atoms with Crippen LogP contribution in [-0.2, 0) is 4.79 Å². The van der Waals surface area contributed by atoms with E-state index in [0.29, 0.717) is 11.4 Å². The molecule has 0 aliphatic carbocycles. The summed E-state index contributed by atoms with van der Waals surface area (Å²) in [7, 11) is 0. The number of amides is 1. The molecule has 0 spiro atoms. The molecule has 1 aromatic heterocycles. The van der Waals surface area contributed by atoms with Crippen LogP contribution in [0.4, 0.5) is 5.69 Å². The number of rotatable bonds is 4. The molecule has 29 heavy (non-hydrogen) atoms. The molecular formula is C21H14ClN3O3S. The quantitative estimate of drug-likeness (QED) is 0.492. The summed E-state index contributed by atoms with van der Waals surface area (Å²) in [6.45, 7) is 0. The first-order valence-corrected chi connectivity index (χ1v) is 9.45. The highest BCUT2D eigenvalue weighted by molar-refractivity contribution is 7.82. The fourth-order valence-corrected chi connectivity index (χ4v) is 3.28. The maximum absolute atomic E-state index is 12.8. The summed E-state index contributed by atoms with van der Waals surface area (Å²) in [6.07, 6.45) is -1.10. The van der Waals surface area contributed by atoms with Gasteiger partial charge in [0.25, 0.3) is 11.7 Å². The Hall–Kier alpha value is -3.29. The number of aliphatic imine (C=N–C) groups is 1. The molecule has 2 aromatic carbocycles. The molecule has 0 saturated carbocycles. The number of halogens is 1. The standard InChI is InChI=1S/C21H14ClN3O3S/c22-16-11-10-15(28-16)18(26)21(29)25-19-20(27)23-14-9-5-4-8-13(14)17(24-19)12-6-2-1-3-7-12/h1-11,19H,(H,23,27)(H,25,29). The van der Waals surface area contributed by atoms with Gasteiger partial charge in [0, 0.05) is 11.1 Å². The number of carbonyl (C=O) groups is 2. The molecule has 0 radical (unpaired) electrons. The van der Waals surface area contributed by atoms with E-state index in [0.717, 1.165) is 11.1 Å². The number of thiocarbonyl (C=S) groups is 1. The number of hydrogen-bond donors (Lipinski definition) is 2. The molecule has 1 aliphatic heterocycles. The minimum atomic E-state index is -1.10. The summed E-state index contributed by atoms with van der Waals surface area (Å²) in [5.41, 5.74) is 2.83.